The Kier molecular flexibility index (Phi) is 8.72. The first-order chi connectivity index (χ1) is 16.9. The zero-order valence-electron chi connectivity index (χ0n) is 20.1. The Morgan fingerprint density at radius 3 is 2.00 bits per heavy atom. The van der Waals surface area contributed by atoms with Crippen LogP contribution in [0.1, 0.15) is 10.4 Å². The fourth-order valence-electron chi connectivity index (χ4n) is 3.02. The fourth-order valence-corrected chi connectivity index (χ4v) is 3.02. The molecule has 0 saturated carbocycles. The van der Waals surface area contributed by atoms with E-state index >= 15 is 0 Å². The number of ether oxygens (including phenoxy) is 1. The van der Waals surface area contributed by atoms with E-state index in [1.54, 1.807) is 55.6 Å². The standard InChI is InChI=1S/C27H29N5O3/c1-5-26(33)32(4)18-19-35-25-16-6-20(7-17-25)27(34)28-21-8-10-22(11-9-21)29-30-23-12-14-24(15-13-23)31(2)3/h5-17H,1,18-19H2,2-4H3,(H,28,34). The molecule has 0 saturated heterocycles. The van der Waals surface area contributed by atoms with Crippen molar-refractivity contribution in [1.82, 2.24) is 4.90 Å². The SMILES string of the molecule is C=CC(=O)N(C)CCOc1ccc(C(=O)Nc2ccc(N=Nc3ccc(N(C)C)cc3)cc2)cc1. The van der Waals surface area contributed by atoms with E-state index in [1.165, 1.54) is 11.0 Å². The number of azo groups is 1. The van der Waals surface area contributed by atoms with Crippen LogP contribution in [0.5, 0.6) is 5.75 Å². The average molecular weight is 472 g/mol. The highest BCUT2D eigenvalue weighted by Crippen LogP contribution is 2.23. The summed E-state index contributed by atoms with van der Waals surface area (Å²) < 4.78 is 5.63. The topological polar surface area (TPSA) is 86.6 Å². The van der Waals surface area contributed by atoms with Gasteiger partial charge in [-0.05, 0) is 78.9 Å². The highest BCUT2D eigenvalue weighted by Gasteiger charge is 2.08. The largest absolute Gasteiger partial charge is 0.492 e. The van der Waals surface area contributed by atoms with Crippen molar-refractivity contribution in [2.45, 2.75) is 0 Å². The lowest BCUT2D eigenvalue weighted by Gasteiger charge is -2.15. The van der Waals surface area contributed by atoms with Gasteiger partial charge in [-0.1, -0.05) is 6.58 Å². The van der Waals surface area contributed by atoms with Crippen LogP contribution >= 0.6 is 0 Å². The van der Waals surface area contributed by atoms with Gasteiger partial charge in [0.2, 0.25) is 5.91 Å². The summed E-state index contributed by atoms with van der Waals surface area (Å²) in [5, 5.41) is 11.4. The Morgan fingerprint density at radius 1 is 0.886 bits per heavy atom. The minimum atomic E-state index is -0.233. The number of hydrogen-bond acceptors (Lipinski definition) is 6. The number of benzene rings is 3. The van der Waals surface area contributed by atoms with E-state index in [1.807, 2.05) is 43.3 Å². The van der Waals surface area contributed by atoms with Crippen molar-refractivity contribution < 1.29 is 14.3 Å². The first-order valence-corrected chi connectivity index (χ1v) is 11.1. The molecule has 3 rings (SSSR count). The smallest absolute Gasteiger partial charge is 0.255 e. The van der Waals surface area contributed by atoms with Crippen LogP contribution < -0.4 is 15.0 Å². The van der Waals surface area contributed by atoms with Crippen molar-refractivity contribution in [3.63, 3.8) is 0 Å². The lowest BCUT2D eigenvalue weighted by atomic mass is 10.2. The molecule has 0 aromatic heterocycles. The quantitative estimate of drug-likeness (QED) is 0.315. The molecule has 8 nitrogen and oxygen atoms in total. The second-order valence-electron chi connectivity index (χ2n) is 7.95. The second-order valence-corrected chi connectivity index (χ2v) is 7.95. The molecule has 180 valence electrons. The van der Waals surface area contributed by atoms with E-state index in [4.69, 9.17) is 4.74 Å². The van der Waals surface area contributed by atoms with E-state index in [0.29, 0.717) is 35.8 Å². The number of anilines is 2. The molecule has 0 atom stereocenters. The summed E-state index contributed by atoms with van der Waals surface area (Å²) >= 11 is 0. The monoisotopic (exact) mass is 471 g/mol. The average Bonchev–Trinajstić information content (AvgIpc) is 2.88. The van der Waals surface area contributed by atoms with Crippen molar-refractivity contribution in [3.8, 4) is 5.75 Å². The lowest BCUT2D eigenvalue weighted by molar-refractivity contribution is -0.125. The van der Waals surface area contributed by atoms with Crippen molar-refractivity contribution >= 4 is 34.6 Å². The summed E-state index contributed by atoms with van der Waals surface area (Å²) in [5.74, 6) is 0.224. The summed E-state index contributed by atoms with van der Waals surface area (Å²) in [6.07, 6.45) is 1.26. The zero-order chi connectivity index (χ0) is 25.2. The first kappa shape index (κ1) is 25.2. The van der Waals surface area contributed by atoms with Gasteiger partial charge in [0.05, 0.1) is 17.9 Å². The highest BCUT2D eigenvalue weighted by molar-refractivity contribution is 6.04. The Hall–Kier alpha value is -4.46. The van der Waals surface area contributed by atoms with Gasteiger partial charge in [-0.2, -0.15) is 10.2 Å². The number of hydrogen-bond donors (Lipinski definition) is 1. The van der Waals surface area contributed by atoms with Gasteiger partial charge in [-0.3, -0.25) is 9.59 Å². The third-order valence-electron chi connectivity index (χ3n) is 5.13. The maximum atomic E-state index is 12.6. The number of rotatable bonds is 10. The molecular formula is C27H29N5O3. The summed E-state index contributed by atoms with van der Waals surface area (Å²) in [6, 6.07) is 21.7. The molecule has 0 bridgehead atoms. The van der Waals surface area contributed by atoms with Crippen LogP contribution in [-0.2, 0) is 4.79 Å². The second kappa shape index (κ2) is 12.1. The van der Waals surface area contributed by atoms with E-state index in [-0.39, 0.29) is 11.8 Å². The van der Waals surface area contributed by atoms with Crippen molar-refractivity contribution in [2.75, 3.05) is 44.5 Å². The van der Waals surface area contributed by atoms with Crippen LogP contribution in [0.15, 0.2) is 95.7 Å². The highest BCUT2D eigenvalue weighted by atomic mass is 16.5. The molecule has 3 aromatic rings. The maximum absolute atomic E-state index is 12.6. The Morgan fingerprint density at radius 2 is 1.46 bits per heavy atom. The van der Waals surface area contributed by atoms with Crippen LogP contribution in [0.3, 0.4) is 0 Å². The number of carbonyl (C=O) groups is 2. The lowest BCUT2D eigenvalue weighted by Crippen LogP contribution is -2.29. The van der Waals surface area contributed by atoms with Gasteiger partial charge in [0.25, 0.3) is 5.91 Å². The number of carbonyl (C=O) groups excluding carboxylic acids is 2. The predicted octanol–water partition coefficient (Wildman–Crippen LogP) is 5.44. The van der Waals surface area contributed by atoms with Crippen LogP contribution in [0.2, 0.25) is 0 Å². The third-order valence-corrected chi connectivity index (χ3v) is 5.13. The molecular weight excluding hydrogens is 442 g/mol. The minimum absolute atomic E-state index is 0.161. The van der Waals surface area contributed by atoms with Gasteiger partial charge in [0, 0.05) is 38.1 Å². The molecule has 3 aromatic carbocycles. The molecule has 0 aliphatic carbocycles. The van der Waals surface area contributed by atoms with E-state index < -0.39 is 0 Å². The normalized spacial score (nSPS) is 10.6. The minimum Gasteiger partial charge on any atom is -0.492 e. The van der Waals surface area contributed by atoms with Crippen LogP contribution in [-0.4, -0.2) is 51.0 Å². The van der Waals surface area contributed by atoms with Crippen molar-refractivity contribution in [3.05, 3.63) is 91.0 Å². The molecule has 8 heteroatoms. The number of nitrogens with zero attached hydrogens (tertiary/aromatic N) is 4. The van der Waals surface area contributed by atoms with Gasteiger partial charge in [0.15, 0.2) is 0 Å². The van der Waals surface area contributed by atoms with Gasteiger partial charge in [-0.25, -0.2) is 0 Å². The molecule has 35 heavy (non-hydrogen) atoms. The molecule has 0 aliphatic rings. The maximum Gasteiger partial charge on any atom is 0.255 e. The van der Waals surface area contributed by atoms with E-state index in [9.17, 15) is 9.59 Å². The van der Waals surface area contributed by atoms with Gasteiger partial charge < -0.3 is 19.9 Å². The first-order valence-electron chi connectivity index (χ1n) is 11.1. The van der Waals surface area contributed by atoms with Gasteiger partial charge >= 0.3 is 0 Å². The van der Waals surface area contributed by atoms with Gasteiger partial charge in [0.1, 0.15) is 12.4 Å². The molecule has 0 spiro atoms. The fraction of sp³-hybridized carbons (Fsp3) is 0.185. The Bertz CT molecular complexity index is 1170. The van der Waals surface area contributed by atoms with Crippen molar-refractivity contribution in [1.29, 1.82) is 0 Å². The van der Waals surface area contributed by atoms with Crippen LogP contribution in [0.4, 0.5) is 22.7 Å². The molecule has 2 amide bonds. The number of likely N-dealkylation sites (N-methyl/N-ethyl adjacent to an activating group) is 1. The molecule has 0 unspecified atom stereocenters. The Labute approximate surface area is 205 Å². The predicted molar refractivity (Wildman–Crippen MR) is 139 cm³/mol. The molecule has 0 radical (unpaired) electrons. The molecule has 0 heterocycles. The molecule has 1 N–H and O–H groups in total. The molecule has 0 aliphatic heterocycles. The Balaban J connectivity index is 1.50. The summed E-state index contributed by atoms with van der Waals surface area (Å²) in [7, 11) is 5.65. The number of amides is 2. The van der Waals surface area contributed by atoms with Crippen LogP contribution in [0, 0.1) is 0 Å². The summed E-state index contributed by atoms with van der Waals surface area (Å²) in [6.45, 7) is 4.23. The number of nitrogens with one attached hydrogen (secondary N) is 1. The zero-order valence-corrected chi connectivity index (χ0v) is 20.1. The third kappa shape index (κ3) is 7.53. The van der Waals surface area contributed by atoms with Crippen molar-refractivity contribution in [2.24, 2.45) is 10.2 Å². The summed E-state index contributed by atoms with van der Waals surface area (Å²) in [5.41, 5.74) is 3.69. The van der Waals surface area contributed by atoms with E-state index in [2.05, 4.69) is 22.1 Å². The van der Waals surface area contributed by atoms with Crippen LogP contribution in [0.25, 0.3) is 0 Å². The van der Waals surface area contributed by atoms with E-state index in [0.717, 1.165) is 11.4 Å². The van der Waals surface area contributed by atoms with Gasteiger partial charge in [-0.15, -0.1) is 0 Å². The summed E-state index contributed by atoms with van der Waals surface area (Å²) in [4.78, 5) is 27.6. The molecule has 0 fully saturated rings.